The molecule has 1 aromatic heterocycles. The lowest BCUT2D eigenvalue weighted by atomic mass is 10.1. The molecule has 29 heavy (non-hydrogen) atoms. The Morgan fingerprint density at radius 2 is 1.72 bits per heavy atom. The Hall–Kier alpha value is -1.84. The number of anilines is 1. The predicted molar refractivity (Wildman–Crippen MR) is 114 cm³/mol. The van der Waals surface area contributed by atoms with Crippen LogP contribution < -0.4 is 4.90 Å². The molecule has 0 aliphatic carbocycles. The molecule has 2 heterocycles. The van der Waals surface area contributed by atoms with Gasteiger partial charge in [-0.05, 0) is 55.3 Å². The Labute approximate surface area is 180 Å². The van der Waals surface area contributed by atoms with Crippen molar-refractivity contribution in [1.29, 1.82) is 0 Å². The first-order chi connectivity index (χ1) is 13.8. The lowest BCUT2D eigenvalue weighted by Crippen LogP contribution is -2.39. The SMILES string of the molecule is O=S(=O)(c1ccc(Br)cc1)C1CCN(c2nc(-c3ccc(F)c(F)c3)cs2)CC1. The number of sulfone groups is 1. The quantitative estimate of drug-likeness (QED) is 0.490. The van der Waals surface area contributed by atoms with Gasteiger partial charge in [-0.3, -0.25) is 0 Å². The van der Waals surface area contributed by atoms with Crippen molar-refractivity contribution >= 4 is 42.2 Å². The summed E-state index contributed by atoms with van der Waals surface area (Å²) in [5.74, 6) is -1.80. The fraction of sp³-hybridized carbons (Fsp3) is 0.250. The molecule has 0 unspecified atom stereocenters. The summed E-state index contributed by atoms with van der Waals surface area (Å²) in [5.41, 5.74) is 1.09. The first-order valence-electron chi connectivity index (χ1n) is 9.00. The smallest absolute Gasteiger partial charge is 0.185 e. The fourth-order valence-electron chi connectivity index (χ4n) is 3.37. The van der Waals surface area contributed by atoms with E-state index in [1.165, 1.54) is 17.4 Å². The van der Waals surface area contributed by atoms with Gasteiger partial charge in [-0.1, -0.05) is 15.9 Å². The van der Waals surface area contributed by atoms with Crippen LogP contribution in [-0.2, 0) is 9.84 Å². The van der Waals surface area contributed by atoms with Gasteiger partial charge in [-0.15, -0.1) is 11.3 Å². The summed E-state index contributed by atoms with van der Waals surface area (Å²) in [7, 11) is -3.37. The number of hydrogen-bond donors (Lipinski definition) is 0. The highest BCUT2D eigenvalue weighted by atomic mass is 79.9. The zero-order valence-electron chi connectivity index (χ0n) is 15.2. The van der Waals surface area contributed by atoms with E-state index in [0.29, 0.717) is 42.1 Å². The highest BCUT2D eigenvalue weighted by Gasteiger charge is 2.32. The Kier molecular flexibility index (Phi) is 5.72. The molecule has 152 valence electrons. The molecular formula is C20H17BrF2N2O2S2. The zero-order valence-corrected chi connectivity index (χ0v) is 18.4. The molecule has 0 amide bonds. The summed E-state index contributed by atoms with van der Waals surface area (Å²) in [5, 5.41) is 2.13. The summed E-state index contributed by atoms with van der Waals surface area (Å²) in [6, 6.07) is 10.4. The minimum atomic E-state index is -3.37. The molecule has 0 spiro atoms. The van der Waals surface area contributed by atoms with Crippen molar-refractivity contribution in [3.05, 3.63) is 64.0 Å². The number of benzene rings is 2. The predicted octanol–water partition coefficient (Wildman–Crippen LogP) is 5.29. The van der Waals surface area contributed by atoms with Crippen LogP contribution in [0.4, 0.5) is 13.9 Å². The summed E-state index contributed by atoms with van der Waals surface area (Å²) in [6.07, 6.45) is 1.02. The largest absolute Gasteiger partial charge is 0.348 e. The molecule has 4 rings (SSSR count). The van der Waals surface area contributed by atoms with Crippen LogP contribution in [-0.4, -0.2) is 31.7 Å². The average molecular weight is 499 g/mol. The minimum Gasteiger partial charge on any atom is -0.348 e. The number of halogens is 3. The van der Waals surface area contributed by atoms with Gasteiger partial charge in [-0.2, -0.15) is 0 Å². The van der Waals surface area contributed by atoms with Crippen LogP contribution in [0.5, 0.6) is 0 Å². The Balaban J connectivity index is 1.45. The highest BCUT2D eigenvalue weighted by molar-refractivity contribution is 9.10. The maximum atomic E-state index is 13.5. The second-order valence-electron chi connectivity index (χ2n) is 6.83. The summed E-state index contributed by atoms with van der Waals surface area (Å²) >= 11 is 4.73. The van der Waals surface area contributed by atoms with E-state index in [1.54, 1.807) is 29.6 Å². The van der Waals surface area contributed by atoms with Crippen LogP contribution >= 0.6 is 27.3 Å². The van der Waals surface area contributed by atoms with E-state index in [0.717, 1.165) is 21.7 Å². The number of aromatic nitrogens is 1. The third-order valence-electron chi connectivity index (χ3n) is 5.00. The van der Waals surface area contributed by atoms with E-state index in [-0.39, 0.29) is 0 Å². The van der Waals surface area contributed by atoms with Gasteiger partial charge in [-0.25, -0.2) is 22.2 Å². The van der Waals surface area contributed by atoms with E-state index in [4.69, 9.17) is 0 Å². The van der Waals surface area contributed by atoms with Crippen LogP contribution in [0.15, 0.2) is 57.2 Å². The van der Waals surface area contributed by atoms with Gasteiger partial charge in [0.2, 0.25) is 0 Å². The molecule has 1 fully saturated rings. The van der Waals surface area contributed by atoms with Crippen LogP contribution in [0.2, 0.25) is 0 Å². The van der Waals surface area contributed by atoms with Crippen molar-refractivity contribution in [2.75, 3.05) is 18.0 Å². The van der Waals surface area contributed by atoms with Gasteiger partial charge in [0.1, 0.15) is 0 Å². The van der Waals surface area contributed by atoms with Crippen LogP contribution in [0.3, 0.4) is 0 Å². The van der Waals surface area contributed by atoms with Crippen molar-refractivity contribution in [2.45, 2.75) is 23.0 Å². The lowest BCUT2D eigenvalue weighted by Gasteiger charge is -2.31. The third kappa shape index (κ3) is 4.22. The summed E-state index contributed by atoms with van der Waals surface area (Å²) in [4.78, 5) is 6.92. The number of nitrogens with zero attached hydrogens (tertiary/aromatic N) is 2. The second kappa shape index (κ2) is 8.12. The van der Waals surface area contributed by atoms with Gasteiger partial charge in [0.25, 0.3) is 0 Å². The Morgan fingerprint density at radius 1 is 1.03 bits per heavy atom. The molecule has 0 radical (unpaired) electrons. The van der Waals surface area contributed by atoms with Crippen molar-refractivity contribution in [3.63, 3.8) is 0 Å². The Morgan fingerprint density at radius 3 is 2.38 bits per heavy atom. The summed E-state index contributed by atoms with van der Waals surface area (Å²) in [6.45, 7) is 1.15. The van der Waals surface area contributed by atoms with Crippen LogP contribution in [0.1, 0.15) is 12.8 Å². The number of rotatable bonds is 4. The maximum absolute atomic E-state index is 13.5. The van der Waals surface area contributed by atoms with Gasteiger partial charge in [0.05, 0.1) is 15.8 Å². The standard InChI is InChI=1S/C20H17BrF2N2O2S2/c21-14-2-4-15(5-3-14)29(26,27)16-7-9-25(10-8-16)20-24-19(12-28-20)13-1-6-17(22)18(23)11-13/h1-6,11-12,16H,7-10H2. The maximum Gasteiger partial charge on any atom is 0.185 e. The normalized spacial score (nSPS) is 15.6. The van der Waals surface area contributed by atoms with Crippen molar-refractivity contribution < 1.29 is 17.2 Å². The molecule has 4 nitrogen and oxygen atoms in total. The number of piperidine rings is 1. The third-order valence-corrected chi connectivity index (χ3v) is 8.71. The average Bonchev–Trinajstić information content (AvgIpc) is 3.21. The first kappa shape index (κ1) is 20.4. The molecule has 3 aromatic rings. The van der Waals surface area contributed by atoms with E-state index < -0.39 is 26.7 Å². The molecule has 0 saturated carbocycles. The molecule has 1 aliphatic rings. The lowest BCUT2D eigenvalue weighted by molar-refractivity contribution is 0.509. The molecule has 9 heteroatoms. The van der Waals surface area contributed by atoms with E-state index in [2.05, 4.69) is 20.9 Å². The van der Waals surface area contributed by atoms with Crippen LogP contribution in [0.25, 0.3) is 11.3 Å². The minimum absolute atomic E-state index is 0.342. The first-order valence-corrected chi connectivity index (χ1v) is 12.2. The molecule has 1 aliphatic heterocycles. The molecule has 0 N–H and O–H groups in total. The molecule has 0 atom stereocenters. The fourth-order valence-corrected chi connectivity index (χ4v) is 6.26. The van der Waals surface area contributed by atoms with Crippen molar-refractivity contribution in [2.24, 2.45) is 0 Å². The van der Waals surface area contributed by atoms with Crippen molar-refractivity contribution in [3.8, 4) is 11.3 Å². The molecule has 1 saturated heterocycles. The molecule has 0 bridgehead atoms. The zero-order chi connectivity index (χ0) is 20.6. The summed E-state index contributed by atoms with van der Waals surface area (Å²) < 4.78 is 53.2. The van der Waals surface area contributed by atoms with E-state index in [1.807, 2.05) is 4.90 Å². The highest BCUT2D eigenvalue weighted by Crippen LogP contribution is 2.32. The van der Waals surface area contributed by atoms with E-state index >= 15 is 0 Å². The van der Waals surface area contributed by atoms with Crippen LogP contribution in [0, 0.1) is 11.6 Å². The molecular weight excluding hydrogens is 482 g/mol. The van der Waals surface area contributed by atoms with Gasteiger partial charge < -0.3 is 4.90 Å². The van der Waals surface area contributed by atoms with Gasteiger partial charge in [0.15, 0.2) is 26.6 Å². The monoisotopic (exact) mass is 498 g/mol. The van der Waals surface area contributed by atoms with Gasteiger partial charge in [0, 0.05) is 28.5 Å². The topological polar surface area (TPSA) is 50.3 Å². The Bertz CT molecular complexity index is 1130. The number of thiazole rings is 1. The second-order valence-corrected chi connectivity index (χ2v) is 10.8. The van der Waals surface area contributed by atoms with Gasteiger partial charge >= 0.3 is 0 Å². The van der Waals surface area contributed by atoms with E-state index in [9.17, 15) is 17.2 Å². The number of hydrogen-bond acceptors (Lipinski definition) is 5. The van der Waals surface area contributed by atoms with Crippen molar-refractivity contribution in [1.82, 2.24) is 4.98 Å². The molecule has 2 aromatic carbocycles.